The lowest BCUT2D eigenvalue weighted by Crippen LogP contribution is -2.33. The van der Waals surface area contributed by atoms with Crippen LogP contribution in [0.15, 0.2) is 48.5 Å². The molecule has 0 fully saturated rings. The predicted molar refractivity (Wildman–Crippen MR) is 76.9 cm³/mol. The Morgan fingerprint density at radius 1 is 1.15 bits per heavy atom. The Kier molecular flexibility index (Phi) is 3.61. The topological polar surface area (TPSA) is 49.7 Å². The Hall–Kier alpha value is -2.00. The predicted octanol–water partition coefficient (Wildman–Crippen LogP) is 2.55. The standard InChI is InChI=1S/C17H18O3/c18-15-6-3-4-12(8-15)9-16(19)14-10-13-5-1-2-7-17(13)20-11-14/h1-8,14,16,18-19H,9-11H2. The highest BCUT2D eigenvalue weighted by atomic mass is 16.5. The van der Waals surface area contributed by atoms with Gasteiger partial charge in [-0.05, 0) is 42.2 Å². The second-order valence-electron chi connectivity index (χ2n) is 5.32. The summed E-state index contributed by atoms with van der Waals surface area (Å²) < 4.78 is 5.71. The van der Waals surface area contributed by atoms with Crippen LogP contribution in [0.3, 0.4) is 0 Å². The third-order valence-electron chi connectivity index (χ3n) is 3.81. The second kappa shape index (κ2) is 5.55. The summed E-state index contributed by atoms with van der Waals surface area (Å²) >= 11 is 0. The van der Waals surface area contributed by atoms with Gasteiger partial charge in [-0.25, -0.2) is 0 Å². The van der Waals surface area contributed by atoms with Crippen LogP contribution >= 0.6 is 0 Å². The maximum absolute atomic E-state index is 10.4. The number of hydrogen-bond donors (Lipinski definition) is 2. The van der Waals surface area contributed by atoms with Crippen molar-refractivity contribution in [2.24, 2.45) is 5.92 Å². The summed E-state index contributed by atoms with van der Waals surface area (Å²) in [6.07, 6.45) is 0.894. The van der Waals surface area contributed by atoms with E-state index in [2.05, 4.69) is 0 Å². The number of aliphatic hydroxyl groups excluding tert-OH is 1. The Labute approximate surface area is 118 Å². The highest BCUT2D eigenvalue weighted by Crippen LogP contribution is 2.29. The summed E-state index contributed by atoms with van der Waals surface area (Å²) in [6.45, 7) is 0.539. The van der Waals surface area contributed by atoms with Gasteiger partial charge in [0.05, 0.1) is 12.7 Å². The van der Waals surface area contributed by atoms with Crippen molar-refractivity contribution in [1.29, 1.82) is 0 Å². The summed E-state index contributed by atoms with van der Waals surface area (Å²) in [6, 6.07) is 15.0. The van der Waals surface area contributed by atoms with Crippen LogP contribution in [0, 0.1) is 5.92 Å². The summed E-state index contributed by atoms with van der Waals surface area (Å²) in [7, 11) is 0. The molecule has 2 aromatic carbocycles. The minimum atomic E-state index is -0.467. The molecule has 3 nitrogen and oxygen atoms in total. The molecule has 0 spiro atoms. The Morgan fingerprint density at radius 3 is 2.85 bits per heavy atom. The third kappa shape index (κ3) is 2.78. The lowest BCUT2D eigenvalue weighted by atomic mass is 9.89. The number of fused-ring (bicyclic) bond motifs is 1. The average molecular weight is 270 g/mol. The zero-order chi connectivity index (χ0) is 13.9. The van der Waals surface area contributed by atoms with E-state index in [9.17, 15) is 10.2 Å². The van der Waals surface area contributed by atoms with Gasteiger partial charge < -0.3 is 14.9 Å². The van der Waals surface area contributed by atoms with Gasteiger partial charge in [-0.3, -0.25) is 0 Å². The van der Waals surface area contributed by atoms with E-state index in [0.29, 0.717) is 13.0 Å². The van der Waals surface area contributed by atoms with Crippen LogP contribution in [0.5, 0.6) is 11.5 Å². The molecule has 1 aliphatic rings. The summed E-state index contributed by atoms with van der Waals surface area (Å²) in [5, 5.41) is 19.8. The Bertz CT molecular complexity index is 594. The molecule has 0 aromatic heterocycles. The molecule has 2 N–H and O–H groups in total. The quantitative estimate of drug-likeness (QED) is 0.901. The summed E-state index contributed by atoms with van der Waals surface area (Å²) in [5.41, 5.74) is 2.09. The van der Waals surface area contributed by atoms with Crippen LogP contribution in [0.25, 0.3) is 0 Å². The minimum absolute atomic E-state index is 0.0900. The number of ether oxygens (including phenoxy) is 1. The SMILES string of the molecule is Oc1cccc(CC(O)C2COc3ccccc3C2)c1. The van der Waals surface area contributed by atoms with Gasteiger partial charge in [0.15, 0.2) is 0 Å². The Morgan fingerprint density at radius 2 is 2.00 bits per heavy atom. The number of rotatable bonds is 3. The number of benzene rings is 2. The van der Waals surface area contributed by atoms with Crippen LogP contribution in [0.2, 0.25) is 0 Å². The normalized spacial score (nSPS) is 18.9. The van der Waals surface area contributed by atoms with Gasteiger partial charge in [-0.1, -0.05) is 30.3 Å². The number of phenolic OH excluding ortho intramolecular Hbond substituents is 1. The van der Waals surface area contributed by atoms with Crippen LogP contribution < -0.4 is 4.74 Å². The fourth-order valence-electron chi connectivity index (χ4n) is 2.69. The van der Waals surface area contributed by atoms with Crippen molar-refractivity contribution in [3.05, 3.63) is 59.7 Å². The first-order valence-corrected chi connectivity index (χ1v) is 6.89. The largest absolute Gasteiger partial charge is 0.508 e. The van der Waals surface area contributed by atoms with Crippen molar-refractivity contribution in [1.82, 2.24) is 0 Å². The smallest absolute Gasteiger partial charge is 0.122 e. The van der Waals surface area contributed by atoms with Crippen LogP contribution in [-0.2, 0) is 12.8 Å². The molecule has 0 amide bonds. The second-order valence-corrected chi connectivity index (χ2v) is 5.32. The lowest BCUT2D eigenvalue weighted by molar-refractivity contribution is 0.0652. The number of para-hydroxylation sites is 1. The fraction of sp³-hybridized carbons (Fsp3) is 0.294. The number of phenols is 1. The molecule has 0 radical (unpaired) electrons. The first-order chi connectivity index (χ1) is 9.72. The highest BCUT2D eigenvalue weighted by molar-refractivity contribution is 5.35. The maximum atomic E-state index is 10.4. The third-order valence-corrected chi connectivity index (χ3v) is 3.81. The first kappa shape index (κ1) is 13.0. The molecule has 1 heterocycles. The highest BCUT2D eigenvalue weighted by Gasteiger charge is 2.26. The molecule has 0 aliphatic carbocycles. The number of hydrogen-bond acceptors (Lipinski definition) is 3. The van der Waals surface area contributed by atoms with E-state index >= 15 is 0 Å². The zero-order valence-electron chi connectivity index (χ0n) is 11.2. The van der Waals surface area contributed by atoms with Crippen LogP contribution in [-0.4, -0.2) is 22.9 Å². The van der Waals surface area contributed by atoms with Crippen molar-refractivity contribution in [2.75, 3.05) is 6.61 Å². The van der Waals surface area contributed by atoms with E-state index < -0.39 is 6.10 Å². The van der Waals surface area contributed by atoms with Gasteiger partial charge in [0.2, 0.25) is 0 Å². The molecule has 2 atom stereocenters. The molecule has 0 saturated heterocycles. The molecular weight excluding hydrogens is 252 g/mol. The zero-order valence-corrected chi connectivity index (χ0v) is 11.2. The van der Waals surface area contributed by atoms with E-state index in [1.165, 1.54) is 0 Å². The molecule has 2 unspecified atom stereocenters. The van der Waals surface area contributed by atoms with Gasteiger partial charge in [-0.15, -0.1) is 0 Å². The van der Waals surface area contributed by atoms with Gasteiger partial charge in [0.25, 0.3) is 0 Å². The summed E-state index contributed by atoms with van der Waals surface area (Å²) in [5.74, 6) is 1.25. The van der Waals surface area contributed by atoms with Crippen molar-refractivity contribution in [3.63, 3.8) is 0 Å². The maximum Gasteiger partial charge on any atom is 0.122 e. The van der Waals surface area contributed by atoms with E-state index in [1.807, 2.05) is 30.3 Å². The molecule has 20 heavy (non-hydrogen) atoms. The molecular formula is C17H18O3. The van der Waals surface area contributed by atoms with Crippen molar-refractivity contribution >= 4 is 0 Å². The first-order valence-electron chi connectivity index (χ1n) is 6.89. The van der Waals surface area contributed by atoms with Crippen molar-refractivity contribution < 1.29 is 14.9 Å². The van der Waals surface area contributed by atoms with Gasteiger partial charge in [0.1, 0.15) is 11.5 Å². The lowest BCUT2D eigenvalue weighted by Gasteiger charge is -2.28. The van der Waals surface area contributed by atoms with Crippen LogP contribution in [0.4, 0.5) is 0 Å². The van der Waals surface area contributed by atoms with E-state index in [4.69, 9.17) is 4.74 Å². The average Bonchev–Trinajstić information content (AvgIpc) is 2.47. The molecule has 0 bridgehead atoms. The van der Waals surface area contributed by atoms with Gasteiger partial charge >= 0.3 is 0 Å². The molecule has 3 rings (SSSR count). The molecule has 1 aliphatic heterocycles. The Balaban J connectivity index is 1.68. The van der Waals surface area contributed by atoms with Crippen LogP contribution in [0.1, 0.15) is 11.1 Å². The number of aromatic hydroxyl groups is 1. The van der Waals surface area contributed by atoms with E-state index in [0.717, 1.165) is 23.3 Å². The van der Waals surface area contributed by atoms with Crippen molar-refractivity contribution in [2.45, 2.75) is 18.9 Å². The molecule has 3 heteroatoms. The fourth-order valence-corrected chi connectivity index (χ4v) is 2.69. The number of aliphatic hydroxyl groups is 1. The van der Waals surface area contributed by atoms with Crippen molar-refractivity contribution in [3.8, 4) is 11.5 Å². The molecule has 104 valence electrons. The summed E-state index contributed by atoms with van der Waals surface area (Å²) in [4.78, 5) is 0. The monoisotopic (exact) mass is 270 g/mol. The molecule has 2 aromatic rings. The van der Waals surface area contributed by atoms with Gasteiger partial charge in [0, 0.05) is 5.92 Å². The minimum Gasteiger partial charge on any atom is -0.508 e. The van der Waals surface area contributed by atoms with E-state index in [-0.39, 0.29) is 11.7 Å². The van der Waals surface area contributed by atoms with E-state index in [1.54, 1.807) is 18.2 Å². The van der Waals surface area contributed by atoms with Gasteiger partial charge in [-0.2, -0.15) is 0 Å². The molecule has 0 saturated carbocycles.